The van der Waals surface area contributed by atoms with Crippen LogP contribution in [0.5, 0.6) is 0 Å². The Balaban J connectivity index is 1.60. The van der Waals surface area contributed by atoms with E-state index in [4.69, 9.17) is 4.74 Å². The topological polar surface area (TPSA) is 69.9 Å². The van der Waals surface area contributed by atoms with Crippen molar-refractivity contribution in [2.75, 3.05) is 7.11 Å². The lowest BCUT2D eigenvalue weighted by molar-refractivity contribution is -0.246. The summed E-state index contributed by atoms with van der Waals surface area (Å²) in [5.74, 6) is 1.24. The minimum absolute atomic E-state index is 0.0317. The monoisotopic (exact) mass is 492 g/mol. The Morgan fingerprint density at radius 1 is 0.829 bits per heavy atom. The van der Waals surface area contributed by atoms with Crippen molar-refractivity contribution in [1.29, 1.82) is 0 Å². The average molecular weight is 493 g/mol. The zero-order chi connectivity index (χ0) is 26.2. The lowest BCUT2D eigenvalue weighted by Crippen LogP contribution is -2.66. The third kappa shape index (κ3) is 4.07. The molecule has 0 unspecified atom stereocenters. The van der Waals surface area contributed by atoms with E-state index in [-0.39, 0.29) is 51.3 Å². The van der Waals surface area contributed by atoms with Crippen molar-refractivity contribution in [1.82, 2.24) is 0 Å². The van der Waals surface area contributed by atoms with Gasteiger partial charge < -0.3 is 20.1 Å². The van der Waals surface area contributed by atoms with Crippen LogP contribution in [0.25, 0.3) is 0 Å². The maximum absolute atomic E-state index is 11.8. The molecule has 3 N–H and O–H groups in total. The maximum atomic E-state index is 11.8. The van der Waals surface area contributed by atoms with Crippen LogP contribution in [0.15, 0.2) is 0 Å². The number of rotatable bonds is 6. The quantitative estimate of drug-likeness (QED) is 0.404. The van der Waals surface area contributed by atoms with Crippen molar-refractivity contribution in [3.63, 3.8) is 0 Å². The van der Waals surface area contributed by atoms with Crippen LogP contribution in [0.2, 0.25) is 0 Å². The third-order valence-electron chi connectivity index (χ3n) is 13.2. The van der Waals surface area contributed by atoms with Crippen molar-refractivity contribution in [3.8, 4) is 0 Å². The van der Waals surface area contributed by atoms with Gasteiger partial charge in [0.15, 0.2) is 0 Å². The van der Waals surface area contributed by atoms with Gasteiger partial charge in [0, 0.05) is 7.11 Å². The van der Waals surface area contributed by atoms with Crippen molar-refractivity contribution >= 4 is 0 Å². The Labute approximate surface area is 215 Å². The molecule has 0 amide bonds. The van der Waals surface area contributed by atoms with Crippen LogP contribution < -0.4 is 0 Å². The Hall–Kier alpha value is -0.160. The van der Waals surface area contributed by atoms with E-state index in [0.717, 1.165) is 51.4 Å². The standard InChI is InChI=1S/C31H56O4/c1-26(2,35-9)14-10-15-31(8,34)20-11-17-30(7)25(20)21(32)19-23-28(5)16-13-24(33)27(3,4)22(28)12-18-29(23,30)6/h20-25,32-34H,10-19H2,1-9H3/t20-,21+,22-,23+,24-,25-,28-,29+,30+,31+/m0/s1. The number of ether oxygens (including phenoxy) is 1. The second-order valence-corrected chi connectivity index (χ2v) is 15.5. The van der Waals surface area contributed by atoms with Gasteiger partial charge in [-0.05, 0) is 130 Å². The first kappa shape index (κ1) is 27.9. The molecule has 0 heterocycles. The molecule has 4 rings (SSSR count). The summed E-state index contributed by atoms with van der Waals surface area (Å²) in [7, 11) is 1.76. The first-order valence-electron chi connectivity index (χ1n) is 14.6. The summed E-state index contributed by atoms with van der Waals surface area (Å²) in [6, 6.07) is 0. The summed E-state index contributed by atoms with van der Waals surface area (Å²) in [4.78, 5) is 0. The van der Waals surface area contributed by atoms with E-state index < -0.39 is 5.60 Å². The van der Waals surface area contributed by atoms with Crippen LogP contribution in [-0.4, -0.2) is 45.8 Å². The van der Waals surface area contributed by atoms with E-state index in [0.29, 0.717) is 11.8 Å². The first-order valence-corrected chi connectivity index (χ1v) is 14.6. The fraction of sp³-hybridized carbons (Fsp3) is 1.00. The smallest absolute Gasteiger partial charge is 0.0651 e. The molecule has 35 heavy (non-hydrogen) atoms. The van der Waals surface area contributed by atoms with Crippen molar-refractivity contribution in [2.45, 2.75) is 143 Å². The van der Waals surface area contributed by atoms with Crippen LogP contribution in [0.1, 0.15) is 120 Å². The summed E-state index contributed by atoms with van der Waals surface area (Å²) in [6.07, 6.45) is 9.25. The Morgan fingerprint density at radius 3 is 2.09 bits per heavy atom. The molecule has 0 aromatic heterocycles. The molecule has 0 spiro atoms. The van der Waals surface area contributed by atoms with Crippen molar-refractivity contribution in [3.05, 3.63) is 0 Å². The molecule has 4 aliphatic carbocycles. The molecule has 0 aromatic carbocycles. The van der Waals surface area contributed by atoms with Gasteiger partial charge in [-0.25, -0.2) is 0 Å². The molecular formula is C31H56O4. The highest BCUT2D eigenvalue weighted by molar-refractivity contribution is 5.19. The van der Waals surface area contributed by atoms with Crippen LogP contribution in [0.3, 0.4) is 0 Å². The second kappa shape index (κ2) is 8.68. The van der Waals surface area contributed by atoms with Gasteiger partial charge in [-0.1, -0.05) is 34.6 Å². The Morgan fingerprint density at radius 2 is 1.46 bits per heavy atom. The SMILES string of the molecule is COC(C)(C)CCC[C@@](C)(O)[C@H]1CC[C@]2(C)[C@@H]1[C@H](O)C[C@@H]1[C@@]3(C)CC[C@H](O)C(C)(C)[C@@H]3CC[C@]12C. The minimum atomic E-state index is -0.769. The molecule has 4 aliphatic rings. The lowest BCUT2D eigenvalue weighted by Gasteiger charge is -2.70. The first-order chi connectivity index (χ1) is 16.0. The summed E-state index contributed by atoms with van der Waals surface area (Å²) in [5.41, 5.74) is -0.672. The number of hydrogen-bond acceptors (Lipinski definition) is 4. The molecule has 0 bridgehead atoms. The molecule has 204 valence electrons. The molecule has 0 radical (unpaired) electrons. The van der Waals surface area contributed by atoms with Gasteiger partial charge in [-0.15, -0.1) is 0 Å². The number of hydrogen-bond donors (Lipinski definition) is 3. The van der Waals surface area contributed by atoms with Crippen LogP contribution in [-0.2, 0) is 4.74 Å². The van der Waals surface area contributed by atoms with Gasteiger partial charge in [0.05, 0.1) is 23.4 Å². The van der Waals surface area contributed by atoms with Crippen molar-refractivity contribution in [2.24, 2.45) is 45.3 Å². The number of aliphatic hydroxyl groups excluding tert-OH is 2. The van der Waals surface area contributed by atoms with Gasteiger partial charge >= 0.3 is 0 Å². The Bertz CT molecular complexity index is 789. The maximum Gasteiger partial charge on any atom is 0.0651 e. The third-order valence-corrected chi connectivity index (χ3v) is 13.2. The summed E-state index contributed by atoms with van der Waals surface area (Å²) >= 11 is 0. The highest BCUT2D eigenvalue weighted by atomic mass is 16.5. The molecular weight excluding hydrogens is 436 g/mol. The fourth-order valence-corrected chi connectivity index (χ4v) is 10.6. The normalized spacial score (nSPS) is 49.0. The van der Waals surface area contributed by atoms with Gasteiger partial charge in [0.2, 0.25) is 0 Å². The molecule has 0 saturated heterocycles. The predicted molar refractivity (Wildman–Crippen MR) is 142 cm³/mol. The van der Waals surface area contributed by atoms with Gasteiger partial charge in [-0.2, -0.15) is 0 Å². The summed E-state index contributed by atoms with van der Waals surface area (Å²) in [6.45, 7) is 18.3. The molecule has 4 saturated carbocycles. The van der Waals surface area contributed by atoms with E-state index in [1.807, 2.05) is 6.92 Å². The largest absolute Gasteiger partial charge is 0.393 e. The molecule has 4 fully saturated rings. The van der Waals surface area contributed by atoms with E-state index in [1.165, 1.54) is 12.8 Å². The summed E-state index contributed by atoms with van der Waals surface area (Å²) in [5, 5.41) is 34.5. The van der Waals surface area contributed by atoms with Crippen LogP contribution in [0.4, 0.5) is 0 Å². The zero-order valence-electron chi connectivity index (χ0n) is 24.3. The zero-order valence-corrected chi connectivity index (χ0v) is 24.3. The minimum Gasteiger partial charge on any atom is -0.393 e. The second-order valence-electron chi connectivity index (χ2n) is 15.5. The van der Waals surface area contributed by atoms with Gasteiger partial charge in [-0.3, -0.25) is 0 Å². The number of methoxy groups -OCH3 is 1. The highest BCUT2D eigenvalue weighted by Gasteiger charge is 2.71. The number of aliphatic hydroxyl groups is 3. The fourth-order valence-electron chi connectivity index (χ4n) is 10.6. The number of fused-ring (bicyclic) bond motifs is 5. The lowest BCUT2D eigenvalue weighted by atomic mass is 9.35. The molecule has 0 aromatic rings. The molecule has 0 aliphatic heterocycles. The Kier molecular flexibility index (Phi) is 6.91. The van der Waals surface area contributed by atoms with Gasteiger partial charge in [0.25, 0.3) is 0 Å². The van der Waals surface area contributed by atoms with Crippen molar-refractivity contribution < 1.29 is 20.1 Å². The van der Waals surface area contributed by atoms with E-state index in [1.54, 1.807) is 7.11 Å². The molecule has 4 heteroatoms. The summed E-state index contributed by atoms with van der Waals surface area (Å²) < 4.78 is 5.61. The van der Waals surface area contributed by atoms with E-state index >= 15 is 0 Å². The predicted octanol–water partition coefficient (Wildman–Crippen LogP) is 6.35. The molecule has 10 atom stereocenters. The van der Waals surface area contributed by atoms with E-state index in [9.17, 15) is 15.3 Å². The molecule has 4 nitrogen and oxygen atoms in total. The van der Waals surface area contributed by atoms with Gasteiger partial charge in [0.1, 0.15) is 0 Å². The highest BCUT2D eigenvalue weighted by Crippen LogP contribution is 2.75. The van der Waals surface area contributed by atoms with Crippen LogP contribution in [0, 0.1) is 45.3 Å². The average Bonchev–Trinajstić information content (AvgIpc) is 3.14. The van der Waals surface area contributed by atoms with E-state index in [2.05, 4.69) is 48.5 Å². The van der Waals surface area contributed by atoms with Crippen LogP contribution >= 0.6 is 0 Å².